The SMILES string of the molecule is CNC(=O)C(=O)C(CC1CC1)NC(=O)[C@@H]1C2C(CN1C(=O)C([C@H](CN1C(=O)c3ccncc3C1=O)C(C)(C)I)C(C)(C)C)C2(C)C. The van der Waals surface area contributed by atoms with Crippen LogP contribution in [0.25, 0.3) is 0 Å². The van der Waals surface area contributed by atoms with E-state index in [1.54, 1.807) is 11.0 Å². The first-order chi connectivity index (χ1) is 21.3. The summed E-state index contributed by atoms with van der Waals surface area (Å²) < 4.78 is -0.534. The van der Waals surface area contributed by atoms with Crippen molar-refractivity contribution in [3.63, 3.8) is 0 Å². The Balaban J connectivity index is 1.45. The second kappa shape index (κ2) is 12.0. The molecular formula is C34H46IN5O6. The van der Waals surface area contributed by atoms with Crippen LogP contribution in [-0.4, -0.2) is 85.7 Å². The molecule has 1 aromatic rings. The molecule has 5 amide bonds. The maximum absolute atomic E-state index is 14.9. The van der Waals surface area contributed by atoms with Crippen LogP contribution in [0.4, 0.5) is 0 Å². The normalized spacial score (nSPS) is 25.4. The molecule has 0 spiro atoms. The molecule has 2 aliphatic carbocycles. The molecule has 12 heteroatoms. The Bertz CT molecular complexity index is 1440. The van der Waals surface area contributed by atoms with E-state index in [9.17, 15) is 28.8 Å². The molecule has 3 fully saturated rings. The first-order valence-corrected chi connectivity index (χ1v) is 17.2. The highest BCUT2D eigenvalue weighted by Crippen LogP contribution is 2.65. The number of pyridine rings is 1. The number of halogens is 1. The van der Waals surface area contributed by atoms with Crippen molar-refractivity contribution in [2.75, 3.05) is 20.1 Å². The molecule has 250 valence electrons. The highest BCUT2D eigenvalue weighted by molar-refractivity contribution is 14.1. The average molecular weight is 748 g/mol. The van der Waals surface area contributed by atoms with Crippen LogP contribution in [0.2, 0.25) is 0 Å². The predicted octanol–water partition coefficient (Wildman–Crippen LogP) is 3.25. The lowest BCUT2D eigenvalue weighted by molar-refractivity contribution is -0.149. The molecule has 0 radical (unpaired) electrons. The number of aromatic nitrogens is 1. The molecule has 46 heavy (non-hydrogen) atoms. The maximum atomic E-state index is 14.9. The van der Waals surface area contributed by atoms with Gasteiger partial charge in [0.25, 0.3) is 17.7 Å². The molecule has 3 heterocycles. The van der Waals surface area contributed by atoms with Gasteiger partial charge in [-0.3, -0.25) is 38.7 Å². The number of likely N-dealkylation sites (tertiary alicyclic amines) is 1. The van der Waals surface area contributed by atoms with Gasteiger partial charge < -0.3 is 15.5 Å². The lowest BCUT2D eigenvalue weighted by Crippen LogP contribution is -2.59. The van der Waals surface area contributed by atoms with Gasteiger partial charge in [-0.2, -0.15) is 0 Å². The molecule has 11 nitrogen and oxygen atoms in total. The second-order valence-electron chi connectivity index (χ2n) is 15.7. The Labute approximate surface area is 284 Å². The largest absolute Gasteiger partial charge is 0.353 e. The Kier molecular flexibility index (Phi) is 8.96. The van der Waals surface area contributed by atoms with Gasteiger partial charge >= 0.3 is 0 Å². The molecule has 0 bridgehead atoms. The number of hydrogen-bond donors (Lipinski definition) is 2. The van der Waals surface area contributed by atoms with Crippen LogP contribution < -0.4 is 10.6 Å². The van der Waals surface area contributed by atoms with E-state index in [0.717, 1.165) is 12.8 Å². The zero-order valence-electron chi connectivity index (χ0n) is 28.0. The van der Waals surface area contributed by atoms with Crippen LogP contribution in [-0.2, 0) is 19.2 Å². The van der Waals surface area contributed by atoms with Gasteiger partial charge in [0.2, 0.25) is 17.6 Å². The van der Waals surface area contributed by atoms with Gasteiger partial charge in [-0.05, 0) is 41.1 Å². The minimum absolute atomic E-state index is 0.0309. The van der Waals surface area contributed by atoms with Gasteiger partial charge in [0, 0.05) is 47.8 Å². The lowest BCUT2D eigenvalue weighted by Gasteiger charge is -2.45. The Morgan fingerprint density at radius 2 is 1.70 bits per heavy atom. The molecule has 2 saturated carbocycles. The number of carbonyl (C=O) groups excluding carboxylic acids is 6. The highest BCUT2D eigenvalue weighted by Gasteiger charge is 2.70. The minimum Gasteiger partial charge on any atom is -0.353 e. The zero-order valence-corrected chi connectivity index (χ0v) is 30.1. The van der Waals surface area contributed by atoms with E-state index < -0.39 is 62.2 Å². The van der Waals surface area contributed by atoms with E-state index in [0.29, 0.717) is 18.5 Å². The number of ketones is 1. The van der Waals surface area contributed by atoms with E-state index in [1.165, 1.54) is 24.3 Å². The number of carbonyl (C=O) groups is 6. The molecule has 6 atom stereocenters. The number of imide groups is 1. The standard InChI is InChI=1S/C34H46IN5O6/c1-32(2,3)24(21(34(6,7)35)16-40-29(44)18-11-12-37-14-19(18)30(40)45)31(46)39-15-20-23(33(20,4)5)25(39)27(42)38-22(13-17-9-10-17)26(41)28(43)36-8/h11-12,14,17,20-25H,9-10,13,15-16H2,1-8H3,(H,36,43)(H,38,42)/t20?,21-,22?,23?,24?,25-/m0/s1. The van der Waals surface area contributed by atoms with Crippen LogP contribution in [0.3, 0.4) is 0 Å². The number of fused-ring (bicyclic) bond motifs is 2. The average Bonchev–Trinajstić information content (AvgIpc) is 3.79. The summed E-state index contributed by atoms with van der Waals surface area (Å²) in [5.41, 5.74) is -0.212. The van der Waals surface area contributed by atoms with Crippen molar-refractivity contribution in [2.24, 2.45) is 40.4 Å². The number of likely N-dealkylation sites (N-methyl/N-ethyl adjacent to an activating group) is 1. The molecule has 1 saturated heterocycles. The number of Topliss-reactive ketones (excluding diaryl/α,β-unsaturated/α-hetero) is 1. The van der Waals surface area contributed by atoms with Crippen molar-refractivity contribution in [2.45, 2.75) is 83.2 Å². The van der Waals surface area contributed by atoms with Crippen LogP contribution in [0.1, 0.15) is 88.4 Å². The summed E-state index contributed by atoms with van der Waals surface area (Å²) in [7, 11) is 1.39. The Morgan fingerprint density at radius 3 is 2.24 bits per heavy atom. The zero-order chi connectivity index (χ0) is 34.1. The fourth-order valence-electron chi connectivity index (χ4n) is 7.81. The van der Waals surface area contributed by atoms with Crippen LogP contribution in [0.15, 0.2) is 18.5 Å². The second-order valence-corrected chi connectivity index (χ2v) is 18.5. The third kappa shape index (κ3) is 6.22. The summed E-state index contributed by atoms with van der Waals surface area (Å²) >= 11 is 2.29. The summed E-state index contributed by atoms with van der Waals surface area (Å²) in [5.74, 6) is -3.71. The van der Waals surface area contributed by atoms with Crippen molar-refractivity contribution in [3.8, 4) is 0 Å². The summed E-state index contributed by atoms with van der Waals surface area (Å²) in [4.78, 5) is 88.1. The highest BCUT2D eigenvalue weighted by atomic mass is 127. The topological polar surface area (TPSA) is 146 Å². The number of rotatable bonds is 11. The summed E-state index contributed by atoms with van der Waals surface area (Å²) in [6, 6.07) is -0.223. The molecule has 2 aliphatic heterocycles. The van der Waals surface area contributed by atoms with E-state index >= 15 is 0 Å². The van der Waals surface area contributed by atoms with Gasteiger partial charge in [0.05, 0.1) is 17.2 Å². The number of hydrogen-bond acceptors (Lipinski definition) is 7. The number of nitrogens with zero attached hydrogens (tertiary/aromatic N) is 3. The first kappa shape index (κ1) is 34.4. The molecule has 4 aliphatic rings. The fourth-order valence-corrected chi connectivity index (χ4v) is 8.37. The quantitative estimate of drug-likeness (QED) is 0.153. The lowest BCUT2D eigenvalue weighted by atomic mass is 9.68. The third-order valence-electron chi connectivity index (χ3n) is 10.7. The van der Waals surface area contributed by atoms with E-state index in [4.69, 9.17) is 0 Å². The molecule has 1 aromatic heterocycles. The number of piperidine rings is 1. The smallest absolute Gasteiger partial charge is 0.289 e. The van der Waals surface area contributed by atoms with Crippen LogP contribution in [0, 0.1) is 40.4 Å². The van der Waals surface area contributed by atoms with E-state index in [1.807, 2.05) is 34.6 Å². The molecule has 4 unspecified atom stereocenters. The molecule has 2 N–H and O–H groups in total. The van der Waals surface area contributed by atoms with Gasteiger partial charge in [-0.15, -0.1) is 0 Å². The summed E-state index contributed by atoms with van der Waals surface area (Å²) in [6.07, 6.45) is 5.17. The number of nitrogens with one attached hydrogen (secondary N) is 2. The van der Waals surface area contributed by atoms with E-state index in [-0.39, 0.29) is 41.2 Å². The van der Waals surface area contributed by atoms with Crippen LogP contribution >= 0.6 is 22.6 Å². The molecular weight excluding hydrogens is 701 g/mol. The Morgan fingerprint density at radius 1 is 1.07 bits per heavy atom. The number of amides is 5. The van der Waals surface area contributed by atoms with E-state index in [2.05, 4.69) is 52.1 Å². The minimum atomic E-state index is -0.958. The monoisotopic (exact) mass is 747 g/mol. The third-order valence-corrected chi connectivity index (χ3v) is 11.5. The number of alkyl halides is 1. The van der Waals surface area contributed by atoms with Gasteiger partial charge in [-0.1, -0.05) is 83.9 Å². The van der Waals surface area contributed by atoms with Crippen molar-refractivity contribution >= 4 is 57.9 Å². The maximum Gasteiger partial charge on any atom is 0.289 e. The molecule has 0 aromatic carbocycles. The van der Waals surface area contributed by atoms with Crippen molar-refractivity contribution in [1.29, 1.82) is 0 Å². The van der Waals surface area contributed by atoms with Crippen molar-refractivity contribution < 1.29 is 28.8 Å². The first-order valence-electron chi connectivity index (χ1n) is 16.2. The van der Waals surface area contributed by atoms with Gasteiger partial charge in [0.1, 0.15) is 6.04 Å². The Hall–Kier alpha value is -2.90. The predicted molar refractivity (Wildman–Crippen MR) is 179 cm³/mol. The summed E-state index contributed by atoms with van der Waals surface area (Å²) in [6.45, 7) is 14.5. The summed E-state index contributed by atoms with van der Waals surface area (Å²) in [5, 5.41) is 5.27. The molecule has 5 rings (SSSR count). The van der Waals surface area contributed by atoms with Gasteiger partial charge in [-0.25, -0.2) is 0 Å². The van der Waals surface area contributed by atoms with Gasteiger partial charge in [0.15, 0.2) is 0 Å². The van der Waals surface area contributed by atoms with Crippen LogP contribution in [0.5, 0.6) is 0 Å². The van der Waals surface area contributed by atoms with Crippen molar-refractivity contribution in [1.82, 2.24) is 25.4 Å². The van der Waals surface area contributed by atoms with Crippen molar-refractivity contribution in [3.05, 3.63) is 29.6 Å². The fraction of sp³-hybridized carbons (Fsp3) is 0.676.